The van der Waals surface area contributed by atoms with Gasteiger partial charge in [0.2, 0.25) is 0 Å². The smallest absolute Gasteiger partial charge is 0.0681 e. The van der Waals surface area contributed by atoms with Crippen LogP contribution in [-0.4, -0.2) is 12.2 Å². The van der Waals surface area contributed by atoms with Gasteiger partial charge >= 0.3 is 0 Å². The molecule has 0 unspecified atom stereocenters. The van der Waals surface area contributed by atoms with Gasteiger partial charge in [-0.15, -0.1) is 0 Å². The highest BCUT2D eigenvalue weighted by Crippen LogP contribution is 2.26. The lowest BCUT2D eigenvalue weighted by Crippen LogP contribution is -2.17. The molecule has 100 valence electrons. The summed E-state index contributed by atoms with van der Waals surface area (Å²) in [5.74, 6) is 0. The Morgan fingerprint density at radius 2 is 1.74 bits per heavy atom. The first kappa shape index (κ1) is 13.9. The molecule has 0 aliphatic carbocycles. The largest absolute Gasteiger partial charge is 0.397 e. The molecule has 2 rings (SSSR count). The Hall–Kier alpha value is -1.52. The summed E-state index contributed by atoms with van der Waals surface area (Å²) in [6.45, 7) is 0.854. The number of hydrogen-bond acceptors (Lipinski definition) is 3. The second kappa shape index (κ2) is 6.08. The van der Waals surface area contributed by atoms with Crippen molar-refractivity contribution in [3.63, 3.8) is 0 Å². The summed E-state index contributed by atoms with van der Waals surface area (Å²) in [6, 6.07) is 13.8. The Morgan fingerprint density at radius 1 is 1.11 bits per heavy atom. The summed E-state index contributed by atoms with van der Waals surface area (Å²) in [7, 11) is 2.01. The molecule has 0 saturated carbocycles. The van der Waals surface area contributed by atoms with Crippen LogP contribution in [-0.2, 0) is 13.2 Å². The Labute approximate surface area is 121 Å². The minimum absolute atomic E-state index is 0.0791. The van der Waals surface area contributed by atoms with Crippen molar-refractivity contribution in [1.29, 1.82) is 0 Å². The summed E-state index contributed by atoms with van der Waals surface area (Å²) in [4.78, 5) is 2.11. The molecule has 2 aromatic rings. The van der Waals surface area contributed by atoms with Crippen molar-refractivity contribution < 1.29 is 5.11 Å². The molecule has 0 saturated heterocycles. The fourth-order valence-corrected chi connectivity index (χ4v) is 2.36. The maximum atomic E-state index is 9.02. The SMILES string of the molecule is CN(Cc1ccc(CO)cc1)c1ccc(Br)cc1N. The van der Waals surface area contributed by atoms with E-state index < -0.39 is 0 Å². The average Bonchev–Trinajstić information content (AvgIpc) is 2.39. The first-order valence-electron chi connectivity index (χ1n) is 6.05. The van der Waals surface area contributed by atoms with Gasteiger partial charge in [0, 0.05) is 18.1 Å². The van der Waals surface area contributed by atoms with Crippen LogP contribution >= 0.6 is 15.9 Å². The van der Waals surface area contributed by atoms with Crippen molar-refractivity contribution in [2.24, 2.45) is 0 Å². The van der Waals surface area contributed by atoms with E-state index in [1.54, 1.807) is 0 Å². The van der Waals surface area contributed by atoms with Gasteiger partial charge in [0.15, 0.2) is 0 Å². The fourth-order valence-electron chi connectivity index (χ4n) is 1.98. The number of hydrogen-bond donors (Lipinski definition) is 2. The van der Waals surface area contributed by atoms with Crippen molar-refractivity contribution in [3.8, 4) is 0 Å². The lowest BCUT2D eigenvalue weighted by Gasteiger charge is -2.21. The molecule has 0 aliphatic rings. The van der Waals surface area contributed by atoms with Crippen molar-refractivity contribution in [3.05, 3.63) is 58.1 Å². The van der Waals surface area contributed by atoms with Gasteiger partial charge in [-0.25, -0.2) is 0 Å². The zero-order valence-corrected chi connectivity index (χ0v) is 12.4. The molecule has 0 radical (unpaired) electrons. The number of benzene rings is 2. The third kappa shape index (κ3) is 3.49. The van der Waals surface area contributed by atoms with E-state index in [-0.39, 0.29) is 6.61 Å². The summed E-state index contributed by atoms with van der Waals surface area (Å²) in [5.41, 5.74) is 9.89. The van der Waals surface area contributed by atoms with E-state index >= 15 is 0 Å². The Balaban J connectivity index is 2.13. The molecule has 0 amide bonds. The molecule has 4 heteroatoms. The number of halogens is 1. The Bertz CT molecular complexity index is 555. The van der Waals surface area contributed by atoms with Gasteiger partial charge < -0.3 is 15.7 Å². The van der Waals surface area contributed by atoms with E-state index in [1.165, 1.54) is 5.56 Å². The van der Waals surface area contributed by atoms with Gasteiger partial charge in [0.05, 0.1) is 18.0 Å². The molecular weight excluding hydrogens is 304 g/mol. The van der Waals surface area contributed by atoms with Crippen molar-refractivity contribution in [2.45, 2.75) is 13.2 Å². The van der Waals surface area contributed by atoms with Crippen LogP contribution in [0.4, 0.5) is 11.4 Å². The second-order valence-corrected chi connectivity index (χ2v) is 5.45. The van der Waals surface area contributed by atoms with Crippen LogP contribution in [0, 0.1) is 0 Å². The number of aliphatic hydroxyl groups excluding tert-OH is 1. The highest BCUT2D eigenvalue weighted by atomic mass is 79.9. The lowest BCUT2D eigenvalue weighted by atomic mass is 10.1. The zero-order chi connectivity index (χ0) is 13.8. The zero-order valence-electron chi connectivity index (χ0n) is 10.8. The highest BCUT2D eigenvalue weighted by Gasteiger charge is 2.06. The average molecular weight is 321 g/mol. The monoisotopic (exact) mass is 320 g/mol. The molecule has 0 bridgehead atoms. The molecular formula is C15H17BrN2O. The second-order valence-electron chi connectivity index (χ2n) is 4.53. The van der Waals surface area contributed by atoms with Gasteiger partial charge in [-0.1, -0.05) is 40.2 Å². The molecule has 0 aliphatic heterocycles. The molecule has 0 fully saturated rings. The maximum Gasteiger partial charge on any atom is 0.0681 e. The first-order chi connectivity index (χ1) is 9.10. The van der Waals surface area contributed by atoms with E-state index in [1.807, 2.05) is 49.5 Å². The Morgan fingerprint density at radius 3 is 2.32 bits per heavy atom. The number of aliphatic hydroxyl groups is 1. The number of rotatable bonds is 4. The maximum absolute atomic E-state index is 9.02. The van der Waals surface area contributed by atoms with Crippen LogP contribution in [0.3, 0.4) is 0 Å². The minimum atomic E-state index is 0.0791. The lowest BCUT2D eigenvalue weighted by molar-refractivity contribution is 0.282. The molecule has 0 aromatic heterocycles. The summed E-state index contributed by atoms with van der Waals surface area (Å²) < 4.78 is 0.981. The van der Waals surface area contributed by atoms with E-state index in [4.69, 9.17) is 10.8 Å². The van der Waals surface area contributed by atoms with Crippen LogP contribution in [0.1, 0.15) is 11.1 Å². The summed E-state index contributed by atoms with van der Waals surface area (Å²) in [6.07, 6.45) is 0. The number of nitrogen functional groups attached to an aromatic ring is 1. The van der Waals surface area contributed by atoms with Gasteiger partial charge in [-0.2, -0.15) is 0 Å². The number of anilines is 2. The molecule has 2 aromatic carbocycles. The van der Waals surface area contributed by atoms with Gasteiger partial charge in [-0.05, 0) is 29.3 Å². The molecule has 19 heavy (non-hydrogen) atoms. The predicted molar refractivity (Wildman–Crippen MR) is 83.0 cm³/mol. The molecule has 0 atom stereocenters. The van der Waals surface area contributed by atoms with Gasteiger partial charge in [-0.3, -0.25) is 0 Å². The van der Waals surface area contributed by atoms with E-state index in [0.717, 1.165) is 28.0 Å². The number of nitrogens with two attached hydrogens (primary N) is 1. The minimum Gasteiger partial charge on any atom is -0.397 e. The number of nitrogens with zero attached hydrogens (tertiary/aromatic N) is 1. The standard InChI is InChI=1S/C15H17BrN2O/c1-18(15-7-6-13(16)8-14(15)17)9-11-2-4-12(10-19)5-3-11/h2-8,19H,9-10,17H2,1H3. The summed E-state index contributed by atoms with van der Waals surface area (Å²) >= 11 is 3.41. The highest BCUT2D eigenvalue weighted by molar-refractivity contribution is 9.10. The summed E-state index contributed by atoms with van der Waals surface area (Å²) in [5, 5.41) is 9.02. The van der Waals surface area contributed by atoms with E-state index in [2.05, 4.69) is 20.8 Å². The van der Waals surface area contributed by atoms with Crippen LogP contribution in [0.15, 0.2) is 46.9 Å². The Kier molecular flexibility index (Phi) is 4.45. The van der Waals surface area contributed by atoms with E-state index in [0.29, 0.717) is 0 Å². The topological polar surface area (TPSA) is 49.5 Å². The molecule has 3 N–H and O–H groups in total. The van der Waals surface area contributed by atoms with Crippen LogP contribution in [0.25, 0.3) is 0 Å². The van der Waals surface area contributed by atoms with Crippen LogP contribution in [0.5, 0.6) is 0 Å². The van der Waals surface area contributed by atoms with Gasteiger partial charge in [0.25, 0.3) is 0 Å². The first-order valence-corrected chi connectivity index (χ1v) is 6.84. The van der Waals surface area contributed by atoms with Crippen LogP contribution in [0.2, 0.25) is 0 Å². The van der Waals surface area contributed by atoms with Gasteiger partial charge in [0.1, 0.15) is 0 Å². The van der Waals surface area contributed by atoms with Crippen molar-refractivity contribution in [2.75, 3.05) is 17.7 Å². The normalized spacial score (nSPS) is 10.5. The van der Waals surface area contributed by atoms with Crippen molar-refractivity contribution >= 4 is 27.3 Å². The fraction of sp³-hybridized carbons (Fsp3) is 0.200. The van der Waals surface area contributed by atoms with Crippen molar-refractivity contribution in [1.82, 2.24) is 0 Å². The predicted octanol–water partition coefficient (Wildman–Crippen LogP) is 3.16. The molecule has 3 nitrogen and oxygen atoms in total. The third-order valence-corrected chi connectivity index (χ3v) is 3.52. The third-order valence-electron chi connectivity index (χ3n) is 3.03. The molecule has 0 spiro atoms. The quantitative estimate of drug-likeness (QED) is 0.851. The molecule has 0 heterocycles. The van der Waals surface area contributed by atoms with E-state index in [9.17, 15) is 0 Å². The van der Waals surface area contributed by atoms with Crippen LogP contribution < -0.4 is 10.6 Å².